The largest absolute Gasteiger partial charge is 0.480 e. The van der Waals surface area contributed by atoms with Crippen LogP contribution in [0.25, 0.3) is 11.4 Å². The molecule has 3 N–H and O–H groups in total. The molecule has 0 saturated heterocycles. The van der Waals surface area contributed by atoms with E-state index in [1.807, 2.05) is 0 Å². The van der Waals surface area contributed by atoms with Crippen molar-refractivity contribution in [1.82, 2.24) is 20.3 Å². The zero-order chi connectivity index (χ0) is 19.3. The molecule has 0 saturated carbocycles. The molecule has 8 heteroatoms. The van der Waals surface area contributed by atoms with Gasteiger partial charge in [0.15, 0.2) is 0 Å². The van der Waals surface area contributed by atoms with Crippen LogP contribution in [0.1, 0.15) is 31.5 Å². The number of aromatic amines is 1. The quantitative estimate of drug-likeness (QED) is 0.685. The molecule has 0 aliphatic rings. The van der Waals surface area contributed by atoms with E-state index in [9.17, 15) is 14.4 Å². The molecule has 138 valence electrons. The first-order chi connectivity index (χ1) is 12.3. The Balaban J connectivity index is 2.10. The first-order valence-electron chi connectivity index (χ1n) is 8.32. The highest BCUT2D eigenvalue weighted by molar-refractivity contribution is 5.83. The highest BCUT2D eigenvalue weighted by atomic mass is 16.4. The SMILES string of the molecule is Cc1nc(-c2cccnc2)[nH]c(=O)c1CCC(=O)N[C@H](C(=O)O)C(C)C. The lowest BCUT2D eigenvalue weighted by molar-refractivity contribution is -0.143. The molecule has 0 spiro atoms. The van der Waals surface area contributed by atoms with E-state index >= 15 is 0 Å². The topological polar surface area (TPSA) is 125 Å². The number of rotatable bonds is 7. The van der Waals surface area contributed by atoms with E-state index in [0.717, 1.165) is 0 Å². The number of hydrogen-bond acceptors (Lipinski definition) is 5. The molecule has 0 bridgehead atoms. The number of carboxylic acids is 1. The van der Waals surface area contributed by atoms with E-state index < -0.39 is 17.9 Å². The minimum atomic E-state index is -1.08. The molecule has 0 radical (unpaired) electrons. The van der Waals surface area contributed by atoms with Gasteiger partial charge in [0.1, 0.15) is 11.9 Å². The maximum atomic E-state index is 12.3. The van der Waals surface area contributed by atoms with Gasteiger partial charge in [0, 0.05) is 35.6 Å². The number of carboxylic acid groups (broad SMARTS) is 1. The Labute approximate surface area is 150 Å². The Kier molecular flexibility index (Phi) is 6.21. The molecule has 2 aromatic heterocycles. The van der Waals surface area contributed by atoms with Gasteiger partial charge < -0.3 is 15.4 Å². The van der Waals surface area contributed by atoms with Crippen LogP contribution in [0.5, 0.6) is 0 Å². The lowest BCUT2D eigenvalue weighted by Gasteiger charge is -2.17. The van der Waals surface area contributed by atoms with Crippen molar-refractivity contribution in [3.63, 3.8) is 0 Å². The third kappa shape index (κ3) is 4.75. The van der Waals surface area contributed by atoms with Crippen molar-refractivity contribution >= 4 is 11.9 Å². The number of carbonyl (C=O) groups excluding carboxylic acids is 1. The highest BCUT2D eigenvalue weighted by Crippen LogP contribution is 2.13. The normalized spacial score (nSPS) is 12.0. The molecule has 8 nitrogen and oxygen atoms in total. The molecule has 0 aliphatic heterocycles. The fourth-order valence-electron chi connectivity index (χ4n) is 2.54. The number of nitrogens with one attached hydrogen (secondary N) is 2. The van der Waals surface area contributed by atoms with E-state index in [-0.39, 0.29) is 24.3 Å². The minimum Gasteiger partial charge on any atom is -0.480 e. The average molecular weight is 358 g/mol. The number of aromatic nitrogens is 3. The van der Waals surface area contributed by atoms with Crippen molar-refractivity contribution in [3.05, 3.63) is 46.1 Å². The molecule has 1 atom stereocenters. The van der Waals surface area contributed by atoms with Crippen LogP contribution in [-0.4, -0.2) is 38.0 Å². The fourth-order valence-corrected chi connectivity index (χ4v) is 2.54. The molecule has 26 heavy (non-hydrogen) atoms. The lowest BCUT2D eigenvalue weighted by Crippen LogP contribution is -2.44. The summed E-state index contributed by atoms with van der Waals surface area (Å²) in [6.45, 7) is 5.14. The maximum Gasteiger partial charge on any atom is 0.326 e. The van der Waals surface area contributed by atoms with E-state index in [4.69, 9.17) is 5.11 Å². The van der Waals surface area contributed by atoms with Crippen LogP contribution in [0.15, 0.2) is 29.3 Å². The Morgan fingerprint density at radius 1 is 1.35 bits per heavy atom. The average Bonchev–Trinajstić information content (AvgIpc) is 2.59. The number of amides is 1. The summed E-state index contributed by atoms with van der Waals surface area (Å²) in [5.41, 5.74) is 1.31. The van der Waals surface area contributed by atoms with Crippen molar-refractivity contribution in [2.75, 3.05) is 0 Å². The molecular weight excluding hydrogens is 336 g/mol. The number of nitrogens with zero attached hydrogens (tertiary/aromatic N) is 2. The number of aliphatic carboxylic acids is 1. The number of pyridine rings is 1. The summed E-state index contributed by atoms with van der Waals surface area (Å²) in [7, 11) is 0. The van der Waals surface area contributed by atoms with Gasteiger partial charge in [0.2, 0.25) is 5.91 Å². The van der Waals surface area contributed by atoms with Crippen LogP contribution in [0.2, 0.25) is 0 Å². The first-order valence-corrected chi connectivity index (χ1v) is 8.32. The molecular formula is C18H22N4O4. The van der Waals surface area contributed by atoms with Crippen LogP contribution < -0.4 is 10.9 Å². The molecule has 2 aromatic rings. The van der Waals surface area contributed by atoms with E-state index in [1.165, 1.54) is 0 Å². The summed E-state index contributed by atoms with van der Waals surface area (Å²) in [6.07, 6.45) is 3.41. The third-order valence-corrected chi connectivity index (χ3v) is 4.01. The van der Waals surface area contributed by atoms with Crippen LogP contribution in [-0.2, 0) is 16.0 Å². The van der Waals surface area contributed by atoms with Gasteiger partial charge in [0.25, 0.3) is 5.56 Å². The molecule has 2 rings (SSSR count). The van der Waals surface area contributed by atoms with Crippen molar-refractivity contribution in [2.24, 2.45) is 5.92 Å². The number of aryl methyl sites for hydroxylation is 1. The predicted molar refractivity (Wildman–Crippen MR) is 95.6 cm³/mol. The van der Waals surface area contributed by atoms with Gasteiger partial charge in [-0.05, 0) is 31.4 Å². The summed E-state index contributed by atoms with van der Waals surface area (Å²) >= 11 is 0. The predicted octanol–water partition coefficient (Wildman–Crippen LogP) is 1.30. The molecule has 0 fully saturated rings. The van der Waals surface area contributed by atoms with Crippen molar-refractivity contribution in [2.45, 2.75) is 39.7 Å². The van der Waals surface area contributed by atoms with Gasteiger partial charge in [-0.1, -0.05) is 13.8 Å². The van der Waals surface area contributed by atoms with E-state index in [2.05, 4.69) is 20.3 Å². The fraction of sp³-hybridized carbons (Fsp3) is 0.389. The second-order valence-electron chi connectivity index (χ2n) is 6.35. The van der Waals surface area contributed by atoms with Gasteiger partial charge in [-0.3, -0.25) is 14.6 Å². The number of H-pyrrole nitrogens is 1. The Morgan fingerprint density at radius 3 is 2.62 bits per heavy atom. The second kappa shape index (κ2) is 8.37. The zero-order valence-electron chi connectivity index (χ0n) is 14.9. The summed E-state index contributed by atoms with van der Waals surface area (Å²) in [5, 5.41) is 11.6. The van der Waals surface area contributed by atoms with Crippen LogP contribution in [0.4, 0.5) is 0 Å². The number of carbonyl (C=O) groups is 2. The lowest BCUT2D eigenvalue weighted by atomic mass is 10.0. The molecule has 1 amide bonds. The molecule has 2 heterocycles. The second-order valence-corrected chi connectivity index (χ2v) is 6.35. The van der Waals surface area contributed by atoms with E-state index in [1.54, 1.807) is 45.3 Å². The Bertz CT molecular complexity index is 846. The van der Waals surface area contributed by atoms with Crippen molar-refractivity contribution in [3.8, 4) is 11.4 Å². The van der Waals surface area contributed by atoms with Crippen LogP contribution >= 0.6 is 0 Å². The monoisotopic (exact) mass is 358 g/mol. The third-order valence-electron chi connectivity index (χ3n) is 4.01. The van der Waals surface area contributed by atoms with Gasteiger partial charge in [-0.2, -0.15) is 0 Å². The highest BCUT2D eigenvalue weighted by Gasteiger charge is 2.23. The molecule has 0 aromatic carbocycles. The van der Waals surface area contributed by atoms with Crippen LogP contribution in [0, 0.1) is 12.8 Å². The smallest absolute Gasteiger partial charge is 0.326 e. The zero-order valence-corrected chi connectivity index (χ0v) is 14.9. The summed E-state index contributed by atoms with van der Waals surface area (Å²) < 4.78 is 0. The van der Waals surface area contributed by atoms with Gasteiger partial charge in [0.05, 0.1) is 0 Å². The summed E-state index contributed by atoms with van der Waals surface area (Å²) in [5.74, 6) is -1.31. The van der Waals surface area contributed by atoms with Gasteiger partial charge in [-0.15, -0.1) is 0 Å². The van der Waals surface area contributed by atoms with Gasteiger partial charge >= 0.3 is 5.97 Å². The maximum absolute atomic E-state index is 12.3. The summed E-state index contributed by atoms with van der Waals surface area (Å²) in [6, 6.07) is 2.58. The molecule has 0 unspecified atom stereocenters. The summed E-state index contributed by atoms with van der Waals surface area (Å²) in [4.78, 5) is 46.6. The minimum absolute atomic E-state index is 0.00827. The van der Waals surface area contributed by atoms with Gasteiger partial charge in [-0.25, -0.2) is 9.78 Å². The van der Waals surface area contributed by atoms with Crippen molar-refractivity contribution < 1.29 is 14.7 Å². The van der Waals surface area contributed by atoms with Crippen molar-refractivity contribution in [1.29, 1.82) is 0 Å². The standard InChI is InChI=1S/C18H22N4O4/c1-10(2)15(18(25)26)21-14(23)7-6-13-11(3)20-16(22-17(13)24)12-5-4-8-19-9-12/h4-5,8-10,15H,6-7H2,1-3H3,(H,21,23)(H,25,26)(H,20,22,24)/t15-/m0/s1. The Morgan fingerprint density at radius 2 is 2.08 bits per heavy atom. The number of hydrogen-bond donors (Lipinski definition) is 3. The van der Waals surface area contributed by atoms with E-state index in [0.29, 0.717) is 22.6 Å². The Hall–Kier alpha value is -3.03. The first kappa shape index (κ1) is 19.3. The van der Waals surface area contributed by atoms with Crippen LogP contribution in [0.3, 0.4) is 0 Å². The molecule has 0 aliphatic carbocycles.